The van der Waals surface area contributed by atoms with Crippen molar-refractivity contribution in [1.82, 2.24) is 5.32 Å². The molecule has 0 radical (unpaired) electrons. The van der Waals surface area contributed by atoms with Gasteiger partial charge in [-0.2, -0.15) is 0 Å². The van der Waals surface area contributed by atoms with Gasteiger partial charge in [-0.25, -0.2) is 4.79 Å². The Labute approximate surface area is 198 Å². The number of benzene rings is 2. The minimum atomic E-state index is -0.582. The highest BCUT2D eigenvalue weighted by Gasteiger charge is 2.41. The van der Waals surface area contributed by atoms with Crippen molar-refractivity contribution in [2.45, 2.75) is 38.5 Å². The Kier molecular flexibility index (Phi) is 6.54. The molecule has 4 rings (SSSR count). The minimum Gasteiger partial charge on any atom is -0.496 e. The number of ketones is 1. The van der Waals surface area contributed by atoms with E-state index in [1.807, 2.05) is 31.2 Å². The van der Waals surface area contributed by atoms with Crippen LogP contribution in [0.3, 0.4) is 0 Å². The second-order valence-corrected chi connectivity index (χ2v) is 8.41. The van der Waals surface area contributed by atoms with E-state index in [9.17, 15) is 14.4 Å². The van der Waals surface area contributed by atoms with E-state index in [-0.39, 0.29) is 11.7 Å². The number of methoxy groups -OCH3 is 2. The molecule has 1 aliphatic carbocycles. The van der Waals surface area contributed by atoms with Gasteiger partial charge in [0.15, 0.2) is 5.78 Å². The third-order valence-corrected chi connectivity index (χ3v) is 6.29. The van der Waals surface area contributed by atoms with Crippen LogP contribution in [-0.2, 0) is 19.1 Å². The van der Waals surface area contributed by atoms with E-state index in [0.717, 1.165) is 22.6 Å². The van der Waals surface area contributed by atoms with Crippen molar-refractivity contribution >= 4 is 17.7 Å². The zero-order chi connectivity index (χ0) is 24.4. The number of esters is 2. The summed E-state index contributed by atoms with van der Waals surface area (Å²) in [4.78, 5) is 37.7. The van der Waals surface area contributed by atoms with Gasteiger partial charge in [0.25, 0.3) is 0 Å². The summed E-state index contributed by atoms with van der Waals surface area (Å²) >= 11 is 0. The normalized spacial score (nSPS) is 19.8. The number of hydrogen-bond acceptors (Lipinski definition) is 7. The van der Waals surface area contributed by atoms with E-state index in [1.165, 1.54) is 14.0 Å². The van der Waals surface area contributed by atoms with Gasteiger partial charge in [0.05, 0.1) is 19.8 Å². The Morgan fingerprint density at radius 2 is 1.71 bits per heavy atom. The quantitative estimate of drug-likeness (QED) is 0.528. The second-order valence-electron chi connectivity index (χ2n) is 8.41. The first-order valence-electron chi connectivity index (χ1n) is 11.1. The number of Topliss-reactive ketones (excluding diaryl/α,β-unsaturated/α-hetero) is 1. The van der Waals surface area contributed by atoms with Crippen molar-refractivity contribution in [3.8, 4) is 11.5 Å². The van der Waals surface area contributed by atoms with Crippen LogP contribution in [0.5, 0.6) is 11.5 Å². The van der Waals surface area contributed by atoms with Crippen LogP contribution in [0.4, 0.5) is 0 Å². The Morgan fingerprint density at radius 3 is 2.35 bits per heavy atom. The number of ether oxygens (including phenoxy) is 3. The molecule has 0 saturated heterocycles. The number of rotatable bonds is 5. The molecule has 0 aromatic heterocycles. The molecule has 2 aromatic rings. The smallest absolute Gasteiger partial charge is 0.336 e. The van der Waals surface area contributed by atoms with Crippen LogP contribution in [0, 0.1) is 0 Å². The van der Waals surface area contributed by atoms with Gasteiger partial charge in [0.1, 0.15) is 11.5 Å². The van der Waals surface area contributed by atoms with Crippen LogP contribution in [-0.4, -0.2) is 31.9 Å². The molecular formula is C27H27NO6. The predicted octanol–water partition coefficient (Wildman–Crippen LogP) is 4.16. The highest BCUT2D eigenvalue weighted by atomic mass is 16.5. The SMILES string of the molecule is COC(=O)C1=C(C)NC2=C(C(=O)C[C@@H](c3ccccc3OC)C2)[C@H]1c1ccc(OC(C)=O)cc1. The summed E-state index contributed by atoms with van der Waals surface area (Å²) in [5, 5.41) is 3.32. The Bertz CT molecular complexity index is 1210. The number of nitrogens with one attached hydrogen (secondary N) is 1. The Balaban J connectivity index is 1.78. The van der Waals surface area contributed by atoms with Crippen LogP contribution in [0.25, 0.3) is 0 Å². The van der Waals surface area contributed by atoms with Crippen LogP contribution < -0.4 is 14.8 Å². The molecule has 0 unspecified atom stereocenters. The van der Waals surface area contributed by atoms with E-state index in [0.29, 0.717) is 35.4 Å². The first-order chi connectivity index (χ1) is 16.3. The fourth-order valence-electron chi connectivity index (χ4n) is 4.87. The molecule has 2 atom stereocenters. The van der Waals surface area contributed by atoms with E-state index >= 15 is 0 Å². The minimum absolute atomic E-state index is 0.0346. The first-order valence-corrected chi connectivity index (χ1v) is 11.1. The van der Waals surface area contributed by atoms with Crippen molar-refractivity contribution in [2.75, 3.05) is 14.2 Å². The number of dihydropyridines is 1. The van der Waals surface area contributed by atoms with E-state index in [1.54, 1.807) is 31.4 Å². The van der Waals surface area contributed by atoms with Crippen LogP contribution in [0.1, 0.15) is 49.7 Å². The topological polar surface area (TPSA) is 90.9 Å². The maximum atomic E-state index is 13.6. The van der Waals surface area contributed by atoms with Crippen molar-refractivity contribution < 1.29 is 28.6 Å². The summed E-state index contributed by atoms with van der Waals surface area (Å²) in [5.41, 5.74) is 4.13. The lowest BCUT2D eigenvalue weighted by Gasteiger charge is -2.36. The maximum absolute atomic E-state index is 13.6. The van der Waals surface area contributed by atoms with Gasteiger partial charge in [-0.15, -0.1) is 0 Å². The molecule has 0 spiro atoms. The molecule has 2 aromatic carbocycles. The van der Waals surface area contributed by atoms with E-state index in [4.69, 9.17) is 14.2 Å². The number of carbonyl (C=O) groups is 3. The lowest BCUT2D eigenvalue weighted by Crippen LogP contribution is -2.36. The third kappa shape index (κ3) is 4.33. The highest BCUT2D eigenvalue weighted by molar-refractivity contribution is 6.04. The molecule has 1 aliphatic heterocycles. The Hall–Kier alpha value is -3.87. The fraction of sp³-hybridized carbons (Fsp3) is 0.296. The molecule has 7 nitrogen and oxygen atoms in total. The number of carbonyl (C=O) groups excluding carboxylic acids is 3. The van der Waals surface area contributed by atoms with Gasteiger partial charge in [0.2, 0.25) is 0 Å². The average Bonchev–Trinajstić information content (AvgIpc) is 2.82. The third-order valence-electron chi connectivity index (χ3n) is 6.29. The lowest BCUT2D eigenvalue weighted by molar-refractivity contribution is -0.136. The molecular weight excluding hydrogens is 434 g/mol. The fourth-order valence-corrected chi connectivity index (χ4v) is 4.87. The molecule has 0 bridgehead atoms. The number of hydrogen-bond donors (Lipinski definition) is 1. The summed E-state index contributed by atoms with van der Waals surface area (Å²) in [6, 6.07) is 14.6. The van der Waals surface area contributed by atoms with Crippen molar-refractivity contribution in [2.24, 2.45) is 0 Å². The van der Waals surface area contributed by atoms with Crippen molar-refractivity contribution in [3.63, 3.8) is 0 Å². The van der Waals surface area contributed by atoms with E-state index < -0.39 is 17.9 Å². The summed E-state index contributed by atoms with van der Waals surface area (Å²) in [5.74, 6) is -0.435. The zero-order valence-corrected chi connectivity index (χ0v) is 19.6. The van der Waals surface area contributed by atoms with Crippen LogP contribution >= 0.6 is 0 Å². The monoisotopic (exact) mass is 461 g/mol. The van der Waals surface area contributed by atoms with Gasteiger partial charge < -0.3 is 19.5 Å². The largest absolute Gasteiger partial charge is 0.496 e. The van der Waals surface area contributed by atoms with Crippen LogP contribution in [0.15, 0.2) is 71.1 Å². The summed E-state index contributed by atoms with van der Waals surface area (Å²) < 4.78 is 15.7. The van der Waals surface area contributed by atoms with E-state index in [2.05, 4.69) is 5.32 Å². The van der Waals surface area contributed by atoms with Gasteiger partial charge >= 0.3 is 11.9 Å². The zero-order valence-electron chi connectivity index (χ0n) is 19.6. The molecule has 0 saturated carbocycles. The van der Waals surface area contributed by atoms with Crippen molar-refractivity contribution in [1.29, 1.82) is 0 Å². The van der Waals surface area contributed by atoms with Gasteiger partial charge in [-0.1, -0.05) is 30.3 Å². The van der Waals surface area contributed by atoms with Gasteiger partial charge in [-0.3, -0.25) is 9.59 Å². The summed E-state index contributed by atoms with van der Waals surface area (Å²) in [6.07, 6.45) is 0.908. The lowest BCUT2D eigenvalue weighted by atomic mass is 9.71. The maximum Gasteiger partial charge on any atom is 0.336 e. The standard InChI is InChI=1S/C27H27NO6/c1-15-24(27(31)33-4)25(17-9-11-19(12-10-17)34-16(2)29)26-21(28-15)13-18(14-22(26)30)20-7-5-6-8-23(20)32-3/h5-12,18,25,28H,13-14H2,1-4H3/t18-,25-/m0/s1. The molecule has 0 amide bonds. The van der Waals surface area contributed by atoms with Gasteiger partial charge in [0, 0.05) is 42.1 Å². The highest BCUT2D eigenvalue weighted by Crippen LogP contribution is 2.47. The predicted molar refractivity (Wildman–Crippen MR) is 125 cm³/mol. The molecule has 1 heterocycles. The average molecular weight is 462 g/mol. The summed E-state index contributed by atoms with van der Waals surface area (Å²) in [6.45, 7) is 3.14. The Morgan fingerprint density at radius 1 is 1.00 bits per heavy atom. The van der Waals surface area contributed by atoms with Crippen LogP contribution in [0.2, 0.25) is 0 Å². The summed E-state index contributed by atoms with van der Waals surface area (Å²) in [7, 11) is 2.95. The molecule has 7 heteroatoms. The first kappa shape index (κ1) is 23.3. The number of allylic oxidation sites excluding steroid dienone is 3. The number of para-hydroxylation sites is 1. The van der Waals surface area contributed by atoms with Gasteiger partial charge in [-0.05, 0) is 42.7 Å². The molecule has 176 valence electrons. The van der Waals surface area contributed by atoms with Crippen molar-refractivity contribution in [3.05, 3.63) is 82.2 Å². The molecule has 2 aliphatic rings. The molecule has 0 fully saturated rings. The molecule has 1 N–H and O–H groups in total. The second kappa shape index (κ2) is 9.55. The molecule has 34 heavy (non-hydrogen) atoms.